The van der Waals surface area contributed by atoms with Crippen molar-refractivity contribution in [3.8, 4) is 5.69 Å². The van der Waals surface area contributed by atoms with Crippen LogP contribution >= 0.6 is 0 Å². The van der Waals surface area contributed by atoms with Gasteiger partial charge in [-0.3, -0.25) is 4.79 Å². The van der Waals surface area contributed by atoms with Gasteiger partial charge in [0.05, 0.1) is 21.8 Å². The first kappa shape index (κ1) is 25.7. The third-order valence-electron chi connectivity index (χ3n) is 7.59. The quantitative estimate of drug-likeness (QED) is 0.519. The summed E-state index contributed by atoms with van der Waals surface area (Å²) in [5.74, 6) is -1.62. The smallest absolute Gasteiger partial charge is 0.274 e. The minimum absolute atomic E-state index is 0.0519. The zero-order valence-corrected chi connectivity index (χ0v) is 22.4. The summed E-state index contributed by atoms with van der Waals surface area (Å²) in [5, 5.41) is 4.36. The average molecular weight is 527 g/mol. The van der Waals surface area contributed by atoms with Crippen molar-refractivity contribution in [1.29, 1.82) is 0 Å². The van der Waals surface area contributed by atoms with Crippen LogP contribution in [0.25, 0.3) is 5.69 Å². The number of rotatable bonds is 4. The zero-order valence-electron chi connectivity index (χ0n) is 21.6. The topological polar surface area (TPSA) is 67.2 Å². The number of hydrogen-bond donors (Lipinski definition) is 1. The van der Waals surface area contributed by atoms with Crippen molar-refractivity contribution in [3.05, 3.63) is 82.7 Å². The monoisotopic (exact) mass is 526 g/mol. The highest BCUT2D eigenvalue weighted by molar-refractivity contribution is 7.84. The second-order valence-corrected chi connectivity index (χ2v) is 13.1. The fourth-order valence-electron chi connectivity index (χ4n) is 5.52. The number of hydrogen-bond acceptors (Lipinski definition) is 3. The lowest BCUT2D eigenvalue weighted by atomic mass is 9.73. The van der Waals surface area contributed by atoms with E-state index in [0.29, 0.717) is 18.8 Å². The van der Waals surface area contributed by atoms with Gasteiger partial charge in [0.25, 0.3) is 5.91 Å². The minimum atomic E-state index is -1.23. The molecule has 2 aliphatic rings. The standard InChI is InChI=1S/C28H32F2N4O2S/c1-18-15-23(31-34(18)24-10-9-20(29)16-22(24)30)26(35)33-13-11-28(12-14-33)17-19-7-5-6-8-21(19)25(28)32-37(36)27(2,3)4/h5-10,15-16,25,32H,11-14,17H2,1-4H3/t25-,37?/m1/s1. The van der Waals surface area contributed by atoms with Gasteiger partial charge in [-0.2, -0.15) is 5.10 Å². The molecule has 6 nitrogen and oxygen atoms in total. The van der Waals surface area contributed by atoms with Crippen molar-refractivity contribution in [2.24, 2.45) is 5.41 Å². The molecule has 5 rings (SSSR count). The molecule has 0 saturated carbocycles. The van der Waals surface area contributed by atoms with Gasteiger partial charge in [-0.15, -0.1) is 0 Å². The second kappa shape index (κ2) is 9.44. The second-order valence-electron chi connectivity index (χ2n) is 11.1. The molecule has 1 N–H and O–H groups in total. The number of nitrogens with zero attached hydrogens (tertiary/aromatic N) is 3. The van der Waals surface area contributed by atoms with E-state index in [9.17, 15) is 17.8 Å². The molecule has 1 amide bonds. The fraction of sp³-hybridized carbons (Fsp3) is 0.429. The molecule has 9 heteroatoms. The van der Waals surface area contributed by atoms with Gasteiger partial charge in [-0.25, -0.2) is 22.4 Å². The average Bonchev–Trinajstić information content (AvgIpc) is 3.36. The van der Waals surface area contributed by atoms with E-state index in [4.69, 9.17) is 0 Å². The number of fused-ring (bicyclic) bond motifs is 1. The van der Waals surface area contributed by atoms with E-state index in [1.165, 1.54) is 27.9 Å². The molecule has 37 heavy (non-hydrogen) atoms. The highest BCUT2D eigenvalue weighted by Crippen LogP contribution is 2.52. The molecule has 1 fully saturated rings. The van der Waals surface area contributed by atoms with Crippen LogP contribution in [-0.4, -0.2) is 42.6 Å². The molecule has 1 aliphatic carbocycles. The van der Waals surface area contributed by atoms with Crippen LogP contribution in [0.15, 0.2) is 48.5 Å². The summed E-state index contributed by atoms with van der Waals surface area (Å²) in [7, 11) is -1.23. The van der Waals surface area contributed by atoms with Gasteiger partial charge in [-0.05, 0) is 81.7 Å². The van der Waals surface area contributed by atoms with Crippen LogP contribution in [0.1, 0.15) is 67.0 Å². The zero-order chi connectivity index (χ0) is 26.5. The van der Waals surface area contributed by atoms with Crippen molar-refractivity contribution in [3.63, 3.8) is 0 Å². The minimum Gasteiger partial charge on any atom is -0.337 e. The van der Waals surface area contributed by atoms with Gasteiger partial charge < -0.3 is 4.90 Å². The highest BCUT2D eigenvalue weighted by atomic mass is 32.2. The predicted octanol–water partition coefficient (Wildman–Crippen LogP) is 5.03. The summed E-state index contributed by atoms with van der Waals surface area (Å²) in [4.78, 5) is 15.2. The molecule has 196 valence electrons. The van der Waals surface area contributed by atoms with E-state index in [1.54, 1.807) is 17.9 Å². The summed E-state index contributed by atoms with van der Waals surface area (Å²) in [6.45, 7) is 8.71. The van der Waals surface area contributed by atoms with E-state index < -0.39 is 27.4 Å². The molecule has 1 aromatic heterocycles. The molecule has 0 bridgehead atoms. The number of carbonyl (C=O) groups is 1. The van der Waals surface area contributed by atoms with Gasteiger partial charge >= 0.3 is 0 Å². The molecular formula is C28H32F2N4O2S. The van der Waals surface area contributed by atoms with Crippen LogP contribution in [0.4, 0.5) is 8.78 Å². The third-order valence-corrected chi connectivity index (χ3v) is 9.16. The van der Waals surface area contributed by atoms with E-state index in [-0.39, 0.29) is 28.7 Å². The van der Waals surface area contributed by atoms with Gasteiger partial charge in [0.1, 0.15) is 11.5 Å². The van der Waals surface area contributed by atoms with Crippen molar-refractivity contribution in [1.82, 2.24) is 19.4 Å². The van der Waals surface area contributed by atoms with Crippen LogP contribution in [0, 0.1) is 24.0 Å². The van der Waals surface area contributed by atoms with Crippen molar-refractivity contribution >= 4 is 16.9 Å². The first-order chi connectivity index (χ1) is 17.5. The first-order valence-corrected chi connectivity index (χ1v) is 13.7. The number of aryl methyl sites for hydroxylation is 1. The Hall–Kier alpha value is -2.91. The van der Waals surface area contributed by atoms with Crippen LogP contribution in [0.5, 0.6) is 0 Å². The largest absolute Gasteiger partial charge is 0.337 e. The van der Waals surface area contributed by atoms with Crippen LogP contribution in [0.2, 0.25) is 0 Å². The van der Waals surface area contributed by atoms with Crippen LogP contribution < -0.4 is 4.72 Å². The summed E-state index contributed by atoms with van der Waals surface area (Å²) in [6, 6.07) is 13.2. The molecule has 2 atom stereocenters. The van der Waals surface area contributed by atoms with E-state index in [1.807, 2.05) is 32.9 Å². The Balaban J connectivity index is 1.35. The maximum absolute atomic E-state index is 14.3. The normalized spacial score (nSPS) is 19.7. The number of benzene rings is 2. The fourth-order valence-corrected chi connectivity index (χ4v) is 6.46. The van der Waals surface area contributed by atoms with Gasteiger partial charge in [0, 0.05) is 24.8 Å². The van der Waals surface area contributed by atoms with Crippen LogP contribution in [0.3, 0.4) is 0 Å². The van der Waals surface area contributed by atoms with E-state index in [2.05, 4.69) is 22.0 Å². The van der Waals surface area contributed by atoms with Crippen molar-refractivity contribution < 1.29 is 17.8 Å². The number of nitrogens with one attached hydrogen (secondary N) is 1. The number of likely N-dealkylation sites (tertiary alicyclic amines) is 1. The lowest BCUT2D eigenvalue weighted by Gasteiger charge is -2.43. The van der Waals surface area contributed by atoms with Gasteiger partial charge in [0.15, 0.2) is 11.5 Å². The Morgan fingerprint density at radius 3 is 2.49 bits per heavy atom. The maximum atomic E-state index is 14.3. The molecular weight excluding hydrogens is 494 g/mol. The Bertz CT molecular complexity index is 1370. The molecule has 1 unspecified atom stereocenters. The van der Waals surface area contributed by atoms with E-state index in [0.717, 1.165) is 25.3 Å². The lowest BCUT2D eigenvalue weighted by Crippen LogP contribution is -2.49. The molecule has 0 radical (unpaired) electrons. The molecule has 3 aromatic rings. The Kier molecular flexibility index (Phi) is 6.56. The summed E-state index contributed by atoms with van der Waals surface area (Å²) in [6.07, 6.45) is 2.40. The maximum Gasteiger partial charge on any atom is 0.274 e. The van der Waals surface area contributed by atoms with E-state index >= 15 is 0 Å². The molecule has 1 spiro atoms. The summed E-state index contributed by atoms with van der Waals surface area (Å²) >= 11 is 0. The summed E-state index contributed by atoms with van der Waals surface area (Å²) < 4.78 is 45.2. The Morgan fingerprint density at radius 1 is 1.11 bits per heavy atom. The number of amides is 1. The molecule has 2 aromatic carbocycles. The van der Waals surface area contributed by atoms with Crippen molar-refractivity contribution in [2.45, 2.75) is 57.7 Å². The van der Waals surface area contributed by atoms with Crippen molar-refractivity contribution in [2.75, 3.05) is 13.1 Å². The number of carbonyl (C=O) groups excluding carboxylic acids is 1. The summed E-state index contributed by atoms with van der Waals surface area (Å²) in [5.41, 5.74) is 3.24. The number of aromatic nitrogens is 2. The SMILES string of the molecule is Cc1cc(C(=O)N2CCC3(CC2)Cc2ccccc2[C@H]3NS(=O)C(C)(C)C)nn1-c1ccc(F)cc1F. The molecule has 2 heterocycles. The number of piperidine rings is 1. The number of halogens is 2. The first-order valence-electron chi connectivity index (χ1n) is 12.6. The van der Waals surface area contributed by atoms with Gasteiger partial charge in [-0.1, -0.05) is 24.3 Å². The Morgan fingerprint density at radius 2 is 1.81 bits per heavy atom. The highest BCUT2D eigenvalue weighted by Gasteiger charge is 2.49. The lowest BCUT2D eigenvalue weighted by molar-refractivity contribution is 0.0522. The third kappa shape index (κ3) is 4.75. The molecule has 1 aliphatic heterocycles. The van der Waals surface area contributed by atoms with Gasteiger partial charge in [0.2, 0.25) is 0 Å². The predicted molar refractivity (Wildman–Crippen MR) is 140 cm³/mol. The Labute approximate surface area is 218 Å². The van der Waals surface area contributed by atoms with Crippen LogP contribution in [-0.2, 0) is 17.4 Å². The molecule has 1 saturated heterocycles.